The molecule has 2 aromatic heterocycles. The van der Waals surface area contributed by atoms with Crippen molar-refractivity contribution < 1.29 is 4.79 Å². The van der Waals surface area contributed by atoms with Crippen molar-refractivity contribution in [2.75, 3.05) is 19.4 Å². The summed E-state index contributed by atoms with van der Waals surface area (Å²) in [4.78, 5) is 27.0. The molecule has 3 aromatic rings. The van der Waals surface area contributed by atoms with E-state index in [-0.39, 0.29) is 11.9 Å². The highest BCUT2D eigenvalue weighted by atomic mass is 16.2. The highest BCUT2D eigenvalue weighted by molar-refractivity contribution is 5.93. The number of carbonyl (C=O) groups is 1. The Morgan fingerprint density at radius 2 is 1.79 bits per heavy atom. The van der Waals surface area contributed by atoms with Gasteiger partial charge in [0, 0.05) is 37.4 Å². The minimum Gasteiger partial charge on any atom is -0.358 e. The van der Waals surface area contributed by atoms with Gasteiger partial charge in [-0.05, 0) is 31.2 Å². The van der Waals surface area contributed by atoms with Crippen molar-refractivity contribution in [2.24, 2.45) is 0 Å². The second-order valence-electron chi connectivity index (χ2n) is 5.75. The Kier molecular flexibility index (Phi) is 4.37. The average molecular weight is 321 g/mol. The monoisotopic (exact) mass is 321 g/mol. The van der Waals surface area contributed by atoms with Crippen LogP contribution in [0.3, 0.4) is 0 Å². The van der Waals surface area contributed by atoms with Gasteiger partial charge in [-0.15, -0.1) is 0 Å². The molecule has 3 rings (SSSR count). The summed E-state index contributed by atoms with van der Waals surface area (Å²) in [6.07, 6.45) is 3.42. The molecular weight excluding hydrogens is 302 g/mol. The van der Waals surface area contributed by atoms with Gasteiger partial charge in [-0.3, -0.25) is 9.78 Å². The summed E-state index contributed by atoms with van der Waals surface area (Å²) in [5.74, 6) is 1.24. The van der Waals surface area contributed by atoms with Crippen LogP contribution in [-0.4, -0.2) is 45.9 Å². The van der Waals surface area contributed by atoms with E-state index in [9.17, 15) is 4.79 Å². The van der Waals surface area contributed by atoms with Gasteiger partial charge >= 0.3 is 0 Å². The van der Waals surface area contributed by atoms with Crippen LogP contribution in [0.2, 0.25) is 0 Å². The van der Waals surface area contributed by atoms with Crippen LogP contribution in [0.5, 0.6) is 0 Å². The zero-order chi connectivity index (χ0) is 17.1. The van der Waals surface area contributed by atoms with Crippen LogP contribution >= 0.6 is 0 Å². The molecule has 0 aliphatic heterocycles. The smallest absolute Gasteiger partial charge is 0.244 e. The van der Waals surface area contributed by atoms with Crippen LogP contribution in [0, 0.1) is 0 Å². The van der Waals surface area contributed by atoms with Crippen LogP contribution < -0.4 is 5.32 Å². The zero-order valence-electron chi connectivity index (χ0n) is 13.9. The maximum Gasteiger partial charge on any atom is 0.244 e. The first-order valence-corrected chi connectivity index (χ1v) is 7.71. The van der Waals surface area contributed by atoms with Crippen molar-refractivity contribution in [1.29, 1.82) is 0 Å². The number of anilines is 1. The Balaban J connectivity index is 2.07. The molecule has 6 nitrogen and oxygen atoms in total. The van der Waals surface area contributed by atoms with Crippen LogP contribution in [0.1, 0.15) is 6.92 Å². The summed E-state index contributed by atoms with van der Waals surface area (Å²) >= 11 is 0. The molecule has 0 saturated carbocycles. The topological polar surface area (TPSA) is 71.0 Å². The molecule has 24 heavy (non-hydrogen) atoms. The van der Waals surface area contributed by atoms with E-state index in [0.29, 0.717) is 11.6 Å². The number of hydrogen-bond acceptors (Lipinski definition) is 5. The highest BCUT2D eigenvalue weighted by Crippen LogP contribution is 2.25. The van der Waals surface area contributed by atoms with Crippen molar-refractivity contribution in [3.8, 4) is 11.4 Å². The predicted octanol–water partition coefficient (Wildman–Crippen LogP) is 2.58. The van der Waals surface area contributed by atoms with Crippen molar-refractivity contribution in [3.05, 3.63) is 48.8 Å². The molecule has 1 N–H and O–H groups in total. The van der Waals surface area contributed by atoms with Gasteiger partial charge in [-0.25, -0.2) is 9.97 Å². The normalized spacial score (nSPS) is 12.0. The third kappa shape index (κ3) is 3.17. The van der Waals surface area contributed by atoms with E-state index < -0.39 is 0 Å². The van der Waals surface area contributed by atoms with Crippen molar-refractivity contribution in [3.63, 3.8) is 0 Å². The van der Waals surface area contributed by atoms with E-state index in [4.69, 9.17) is 0 Å². The summed E-state index contributed by atoms with van der Waals surface area (Å²) in [6.45, 7) is 1.82. The number of nitrogens with one attached hydrogen (secondary N) is 1. The van der Waals surface area contributed by atoms with Crippen molar-refractivity contribution in [1.82, 2.24) is 19.9 Å². The molecule has 122 valence electrons. The van der Waals surface area contributed by atoms with Crippen LogP contribution in [0.15, 0.2) is 48.8 Å². The number of hydrogen-bond donors (Lipinski definition) is 1. The van der Waals surface area contributed by atoms with Crippen molar-refractivity contribution in [2.45, 2.75) is 13.0 Å². The molecule has 1 atom stereocenters. The Labute approximate surface area is 140 Å². The second-order valence-corrected chi connectivity index (χ2v) is 5.75. The number of fused-ring (bicyclic) bond motifs is 1. The van der Waals surface area contributed by atoms with Gasteiger partial charge in [-0.2, -0.15) is 0 Å². The molecule has 0 aliphatic rings. The number of pyridine rings is 1. The molecular formula is C18H19N5O. The number of benzene rings is 1. The number of amides is 1. The van der Waals surface area contributed by atoms with Gasteiger partial charge in [0.2, 0.25) is 5.91 Å². The van der Waals surface area contributed by atoms with Gasteiger partial charge in [0.15, 0.2) is 5.82 Å². The van der Waals surface area contributed by atoms with Crippen LogP contribution in [-0.2, 0) is 4.79 Å². The summed E-state index contributed by atoms with van der Waals surface area (Å²) in [5.41, 5.74) is 1.71. The van der Waals surface area contributed by atoms with E-state index in [0.717, 1.165) is 16.5 Å². The van der Waals surface area contributed by atoms with Crippen LogP contribution in [0.4, 0.5) is 5.82 Å². The standard InChI is InChI=1S/C18H19N5O/c1-12(18(24)23(2)3)20-17-14-6-4-5-7-15(14)21-16(22-17)13-8-10-19-11-9-13/h4-12H,1-3H3,(H,20,21,22). The molecule has 0 aliphatic carbocycles. The molecule has 1 aromatic carbocycles. The average Bonchev–Trinajstić information content (AvgIpc) is 2.61. The molecule has 1 amide bonds. The number of rotatable bonds is 4. The molecule has 0 radical (unpaired) electrons. The maximum absolute atomic E-state index is 12.1. The third-order valence-electron chi connectivity index (χ3n) is 3.71. The van der Waals surface area contributed by atoms with Gasteiger partial charge in [0.05, 0.1) is 5.52 Å². The first kappa shape index (κ1) is 15.9. The number of likely N-dealkylation sites (N-methyl/N-ethyl adjacent to an activating group) is 1. The lowest BCUT2D eigenvalue weighted by Gasteiger charge is -2.19. The van der Waals surface area contributed by atoms with Gasteiger partial charge in [-0.1, -0.05) is 12.1 Å². The fourth-order valence-electron chi connectivity index (χ4n) is 2.47. The van der Waals surface area contributed by atoms with Crippen LogP contribution in [0.25, 0.3) is 22.3 Å². The lowest BCUT2D eigenvalue weighted by molar-refractivity contribution is -0.129. The number of para-hydroxylation sites is 1. The summed E-state index contributed by atoms with van der Waals surface area (Å²) < 4.78 is 0. The lowest BCUT2D eigenvalue weighted by atomic mass is 10.2. The van der Waals surface area contributed by atoms with Gasteiger partial charge < -0.3 is 10.2 Å². The predicted molar refractivity (Wildman–Crippen MR) is 94.5 cm³/mol. The molecule has 1 unspecified atom stereocenters. The Morgan fingerprint density at radius 1 is 1.08 bits per heavy atom. The number of aromatic nitrogens is 3. The van der Waals surface area contributed by atoms with Crippen molar-refractivity contribution >= 4 is 22.6 Å². The van der Waals surface area contributed by atoms with E-state index in [1.165, 1.54) is 0 Å². The minimum absolute atomic E-state index is 0.0110. The number of nitrogens with zero attached hydrogens (tertiary/aromatic N) is 4. The maximum atomic E-state index is 12.1. The molecule has 6 heteroatoms. The highest BCUT2D eigenvalue weighted by Gasteiger charge is 2.17. The van der Waals surface area contributed by atoms with E-state index in [1.54, 1.807) is 31.4 Å². The quantitative estimate of drug-likeness (QED) is 0.800. The summed E-state index contributed by atoms with van der Waals surface area (Å²) in [7, 11) is 3.47. The zero-order valence-corrected chi connectivity index (χ0v) is 13.9. The van der Waals surface area contributed by atoms with E-state index in [1.807, 2.05) is 43.3 Å². The fraction of sp³-hybridized carbons (Fsp3) is 0.222. The molecule has 0 saturated heterocycles. The third-order valence-corrected chi connectivity index (χ3v) is 3.71. The molecule has 0 fully saturated rings. The van der Waals surface area contributed by atoms with Gasteiger partial charge in [0.1, 0.15) is 11.9 Å². The summed E-state index contributed by atoms with van der Waals surface area (Å²) in [6, 6.07) is 11.1. The molecule has 0 spiro atoms. The Bertz CT molecular complexity index is 864. The first-order chi connectivity index (χ1) is 11.6. The largest absolute Gasteiger partial charge is 0.358 e. The van der Waals surface area contributed by atoms with Gasteiger partial charge in [0.25, 0.3) is 0 Å². The Hall–Kier alpha value is -3.02. The second kappa shape index (κ2) is 6.62. The number of carbonyl (C=O) groups excluding carboxylic acids is 1. The first-order valence-electron chi connectivity index (χ1n) is 7.71. The fourth-order valence-corrected chi connectivity index (χ4v) is 2.47. The Morgan fingerprint density at radius 3 is 2.50 bits per heavy atom. The SMILES string of the molecule is CC(Nc1nc(-c2ccncc2)nc2ccccc12)C(=O)N(C)C. The van der Waals surface area contributed by atoms with E-state index >= 15 is 0 Å². The minimum atomic E-state index is -0.386. The lowest BCUT2D eigenvalue weighted by Crippen LogP contribution is -2.36. The summed E-state index contributed by atoms with van der Waals surface area (Å²) in [5, 5.41) is 4.10. The van der Waals surface area contributed by atoms with E-state index in [2.05, 4.69) is 20.3 Å². The molecule has 2 heterocycles. The molecule has 0 bridgehead atoms.